The molecule has 20 heteroatoms. The van der Waals surface area contributed by atoms with Gasteiger partial charge in [-0.15, -0.1) is 0 Å². The first kappa shape index (κ1) is 60.4. The van der Waals surface area contributed by atoms with E-state index in [0.29, 0.717) is 109 Å². The summed E-state index contributed by atoms with van der Waals surface area (Å²) in [7, 11) is 1.30. The van der Waals surface area contributed by atoms with Crippen molar-refractivity contribution in [3.05, 3.63) is 59.7 Å². The van der Waals surface area contributed by atoms with Gasteiger partial charge in [-0.25, -0.2) is 9.59 Å². The number of esters is 3. The predicted molar refractivity (Wildman–Crippen MR) is 286 cm³/mol. The van der Waals surface area contributed by atoms with Gasteiger partial charge in [0.2, 0.25) is 23.6 Å². The largest absolute Gasteiger partial charge is 0.493 e. The quantitative estimate of drug-likeness (QED) is 0.238. The van der Waals surface area contributed by atoms with E-state index in [2.05, 4.69) is 10.6 Å². The molecule has 2 aromatic rings. The molecule has 79 heavy (non-hydrogen) atoms. The summed E-state index contributed by atoms with van der Waals surface area (Å²) < 4.78 is 39.8. The van der Waals surface area contributed by atoms with E-state index in [1.165, 1.54) is 16.9 Å². The highest BCUT2D eigenvalue weighted by Gasteiger charge is 2.48. The molecule has 0 unspecified atom stereocenters. The molecule has 3 N–H and O–H groups in total. The Morgan fingerprint density at radius 1 is 0.570 bits per heavy atom. The Morgan fingerprint density at radius 3 is 1.37 bits per heavy atom. The van der Waals surface area contributed by atoms with E-state index >= 15 is 0 Å². The van der Waals surface area contributed by atoms with E-state index in [1.54, 1.807) is 0 Å². The van der Waals surface area contributed by atoms with Gasteiger partial charge in [-0.2, -0.15) is 0 Å². The smallest absolute Gasteiger partial charge is 0.328 e. The molecule has 8 rings (SSSR count). The summed E-state index contributed by atoms with van der Waals surface area (Å²) in [5, 5.41) is 15.8. The molecule has 6 atom stereocenters. The Bertz CT molecular complexity index is 2470. The third-order valence-electron chi connectivity index (χ3n) is 15.3. The maximum Gasteiger partial charge on any atom is 0.328 e. The number of ether oxygens (including phenoxy) is 7. The van der Waals surface area contributed by atoms with Crippen LogP contribution in [-0.2, 0) is 74.9 Å². The summed E-state index contributed by atoms with van der Waals surface area (Å²) >= 11 is 0. The summed E-state index contributed by atoms with van der Waals surface area (Å²) in [5.74, 6) is -3.05. The van der Waals surface area contributed by atoms with Crippen LogP contribution < -0.4 is 20.1 Å². The minimum absolute atomic E-state index is 0.0579. The van der Waals surface area contributed by atoms with Crippen LogP contribution in [0.2, 0.25) is 0 Å². The first-order chi connectivity index (χ1) is 37.5. The first-order valence-electron chi connectivity index (χ1n) is 28.2. The lowest BCUT2D eigenvalue weighted by Gasteiger charge is -2.36. The number of nitrogens with one attached hydrogen (secondary N) is 2. The zero-order valence-electron chi connectivity index (χ0n) is 47.0. The number of benzene rings is 2. The second-order valence-corrected chi connectivity index (χ2v) is 23.8. The highest BCUT2D eigenvalue weighted by molar-refractivity contribution is 5.93. The monoisotopic (exact) mass is 1100 g/mol. The van der Waals surface area contributed by atoms with Crippen LogP contribution in [0.1, 0.15) is 130 Å². The van der Waals surface area contributed by atoms with Crippen molar-refractivity contribution >= 4 is 47.5 Å². The van der Waals surface area contributed by atoms with E-state index in [1.807, 2.05) is 90.1 Å². The molecule has 4 heterocycles. The normalized spacial score (nSPS) is 28.5. The lowest BCUT2D eigenvalue weighted by Crippen LogP contribution is -2.55. The van der Waals surface area contributed by atoms with Crippen molar-refractivity contribution in [1.82, 2.24) is 20.4 Å². The van der Waals surface area contributed by atoms with Gasteiger partial charge in [0.15, 0.2) is 0 Å². The van der Waals surface area contributed by atoms with Crippen LogP contribution in [0.25, 0.3) is 0 Å². The fourth-order valence-electron chi connectivity index (χ4n) is 11.5. The lowest BCUT2D eigenvalue weighted by atomic mass is 9.78. The molecule has 6 aliphatic rings. The molecular formula is C59H82N4O16. The van der Waals surface area contributed by atoms with Gasteiger partial charge < -0.3 is 58.7 Å². The second kappa shape index (κ2) is 27.3. The summed E-state index contributed by atoms with van der Waals surface area (Å²) in [6.07, 6.45) is 5.57. The third-order valence-corrected chi connectivity index (χ3v) is 15.3. The zero-order chi connectivity index (χ0) is 57.0. The molecule has 20 nitrogen and oxygen atoms in total. The van der Waals surface area contributed by atoms with Gasteiger partial charge in [0.05, 0.1) is 70.4 Å². The number of rotatable bonds is 6. The zero-order valence-corrected chi connectivity index (χ0v) is 47.0. The highest BCUT2D eigenvalue weighted by Crippen LogP contribution is 2.37. The van der Waals surface area contributed by atoms with Gasteiger partial charge in [0, 0.05) is 38.8 Å². The number of nitrogens with zero attached hydrogens (tertiary/aromatic N) is 2. The Kier molecular flexibility index (Phi) is 20.8. The average molecular weight is 1100 g/mol. The molecule has 8 bridgehead atoms. The Labute approximate surface area is 463 Å². The van der Waals surface area contributed by atoms with Crippen LogP contribution in [0.15, 0.2) is 48.5 Å². The maximum atomic E-state index is 14.1. The molecule has 2 aliphatic carbocycles. The van der Waals surface area contributed by atoms with Gasteiger partial charge in [0.25, 0.3) is 0 Å². The Morgan fingerprint density at radius 2 is 0.975 bits per heavy atom. The van der Waals surface area contributed by atoms with E-state index in [-0.39, 0.29) is 91.8 Å². The van der Waals surface area contributed by atoms with Crippen LogP contribution in [-0.4, -0.2) is 157 Å². The topological polar surface area (TPSA) is 252 Å². The van der Waals surface area contributed by atoms with Crippen LogP contribution >= 0.6 is 0 Å². The van der Waals surface area contributed by atoms with Crippen LogP contribution in [0.3, 0.4) is 0 Å². The molecule has 2 saturated heterocycles. The summed E-state index contributed by atoms with van der Waals surface area (Å²) in [6, 6.07) is 11.1. The van der Waals surface area contributed by atoms with Crippen LogP contribution in [0.4, 0.5) is 0 Å². The van der Waals surface area contributed by atoms with Crippen LogP contribution in [0.5, 0.6) is 11.5 Å². The number of fused-ring (bicyclic) bond motifs is 8. The second-order valence-electron chi connectivity index (χ2n) is 23.8. The number of hydrogen-bond acceptors (Lipinski definition) is 15. The van der Waals surface area contributed by atoms with E-state index in [0.717, 1.165) is 11.1 Å². The number of aliphatic carboxylic acids is 1. The number of amides is 4. The van der Waals surface area contributed by atoms with Gasteiger partial charge in [-0.3, -0.25) is 28.8 Å². The lowest BCUT2D eigenvalue weighted by molar-refractivity contribution is -0.162. The fourth-order valence-corrected chi connectivity index (χ4v) is 11.5. The molecule has 2 aromatic carbocycles. The first-order valence-corrected chi connectivity index (χ1v) is 28.2. The van der Waals surface area contributed by atoms with Crippen molar-refractivity contribution in [3.8, 4) is 11.5 Å². The third kappa shape index (κ3) is 17.4. The molecule has 0 aromatic heterocycles. The van der Waals surface area contributed by atoms with Crippen molar-refractivity contribution in [2.75, 3.05) is 46.6 Å². The summed E-state index contributed by atoms with van der Waals surface area (Å²) in [4.78, 5) is 107. The van der Waals surface area contributed by atoms with E-state index in [9.17, 15) is 43.5 Å². The minimum atomic E-state index is -1.09. The fraction of sp³-hybridized carbons (Fsp3) is 0.661. The Balaban J connectivity index is 0.000000229. The van der Waals surface area contributed by atoms with E-state index in [4.69, 9.17) is 33.2 Å². The van der Waals surface area contributed by atoms with Gasteiger partial charge in [-0.1, -0.05) is 24.3 Å². The standard InChI is InChI=1S/C30H42N2O8.C29H40N2O8/c1-30(2,3)40-28(35)21-11-9-20(10-12-21)26-27(34)32-18-23(17-24(32)29(36)37-4)39-14-6-13-38-22-8-5-7-19(15-22)16-25(33)31-26;1-29(2,3)39-28(36)20-10-8-19(9-11-20)25-26(33)31-17-22(16-23(31)27(34)35)38-13-5-12-37-21-7-4-6-18(14-21)15-24(32)30-25/h5,7-8,15,20-21,23-24,26H,6,9-14,16-18H2,1-4H3,(H,31,33);4,6-7,14,19-20,22-23,25H,5,8-13,15-17H2,1-3H3,(H,30,32)(H,34,35)/t20?,21?,23-,24+,26+;19?,20?,22-,23+,25+/m11/s1. The van der Waals surface area contributed by atoms with Crippen LogP contribution in [0, 0.1) is 23.7 Å². The van der Waals surface area contributed by atoms with Crippen molar-refractivity contribution in [3.63, 3.8) is 0 Å². The Hall–Kier alpha value is -6.28. The number of carboxylic acids is 1. The van der Waals surface area contributed by atoms with Gasteiger partial charge >= 0.3 is 23.9 Å². The highest BCUT2D eigenvalue weighted by atomic mass is 16.6. The molecule has 4 fully saturated rings. The predicted octanol–water partition coefficient (Wildman–Crippen LogP) is 5.52. The molecule has 0 radical (unpaired) electrons. The van der Waals surface area contributed by atoms with Crippen molar-refractivity contribution in [2.24, 2.45) is 23.7 Å². The molecule has 4 amide bonds. The van der Waals surface area contributed by atoms with Gasteiger partial charge in [0.1, 0.15) is 46.9 Å². The number of carbonyl (C=O) groups is 8. The average Bonchev–Trinajstić information content (AvgIpc) is 4.14. The molecule has 0 spiro atoms. The minimum Gasteiger partial charge on any atom is -0.493 e. The summed E-state index contributed by atoms with van der Waals surface area (Å²) in [5.41, 5.74) is 0.369. The number of carbonyl (C=O) groups excluding carboxylic acids is 7. The number of carboxylic acid groups (broad SMARTS) is 1. The molecular weight excluding hydrogens is 1020 g/mol. The molecule has 2 saturated carbocycles. The number of hydrogen-bond donors (Lipinski definition) is 3. The molecule has 4 aliphatic heterocycles. The number of methoxy groups -OCH3 is 1. The van der Waals surface area contributed by atoms with Gasteiger partial charge in [-0.05, 0) is 140 Å². The van der Waals surface area contributed by atoms with Crippen molar-refractivity contribution in [2.45, 2.75) is 179 Å². The van der Waals surface area contributed by atoms with Crippen molar-refractivity contribution in [1.29, 1.82) is 0 Å². The maximum absolute atomic E-state index is 14.1. The van der Waals surface area contributed by atoms with E-state index < -0.39 is 59.3 Å². The summed E-state index contributed by atoms with van der Waals surface area (Å²) in [6.45, 7) is 13.1. The molecule has 434 valence electrons. The van der Waals surface area contributed by atoms with Crippen molar-refractivity contribution < 1.29 is 76.6 Å². The SMILES string of the molecule is CC(C)(C)OC(=O)C1CCC([C@@H]2NC(=O)Cc3cccc(c3)OCCCO[C@@H]3C[C@@H](C(=O)O)N(C3)C2=O)CC1.COC(=O)[C@@H]1C[C@@H]2CN1C(=O)[C@H](C1CCC(C(=O)OC(C)(C)C)CC1)NC(=O)Cc1cccc(c1)OCCCO2.